The molecule has 0 saturated carbocycles. The van der Waals surface area contributed by atoms with Gasteiger partial charge < -0.3 is 15.2 Å². The lowest BCUT2D eigenvalue weighted by molar-refractivity contribution is -0.267. The quantitative estimate of drug-likeness (QED) is 0.771. The van der Waals surface area contributed by atoms with Crippen molar-refractivity contribution in [3.05, 3.63) is 29.3 Å². The number of ether oxygens (including phenoxy) is 1. The van der Waals surface area contributed by atoms with Crippen molar-refractivity contribution in [3.8, 4) is 0 Å². The van der Waals surface area contributed by atoms with E-state index in [2.05, 4.69) is 10.3 Å². The molecule has 0 radical (unpaired) electrons. The fourth-order valence-corrected chi connectivity index (χ4v) is 3.89. The molecule has 2 aromatic rings. The maximum Gasteiger partial charge on any atom is 0.424 e. The number of hydrogen-bond donors (Lipinski definition) is 2. The number of hydrogen-bond acceptors (Lipinski definition) is 6. The summed E-state index contributed by atoms with van der Waals surface area (Å²) in [6, 6.07) is 6.51. The number of carbonyl (C=O) groups is 1. The van der Waals surface area contributed by atoms with E-state index in [0.29, 0.717) is 43.1 Å². The van der Waals surface area contributed by atoms with Gasteiger partial charge in [-0.15, -0.1) is 11.3 Å². The van der Waals surface area contributed by atoms with Gasteiger partial charge in [-0.3, -0.25) is 9.69 Å². The van der Waals surface area contributed by atoms with E-state index in [-0.39, 0.29) is 6.54 Å². The van der Waals surface area contributed by atoms with Crippen LogP contribution in [0.1, 0.15) is 11.4 Å². The van der Waals surface area contributed by atoms with Gasteiger partial charge in [0.15, 0.2) is 0 Å². The molecule has 1 aromatic heterocycles. The fraction of sp³-hybridized carbons (Fsp3) is 0.529. The van der Waals surface area contributed by atoms with E-state index >= 15 is 0 Å². The molecule has 1 amide bonds. The number of morpholine rings is 1. The van der Waals surface area contributed by atoms with Gasteiger partial charge in [0.25, 0.3) is 0 Å². The summed E-state index contributed by atoms with van der Waals surface area (Å²) in [6.07, 6.45) is -6.15. The van der Waals surface area contributed by atoms with Crippen LogP contribution in [0.4, 0.5) is 13.2 Å². The van der Waals surface area contributed by atoms with Crippen molar-refractivity contribution < 1.29 is 27.8 Å². The van der Waals surface area contributed by atoms with E-state index in [9.17, 15) is 23.1 Å². The monoisotopic (exact) mass is 403 g/mol. The van der Waals surface area contributed by atoms with Crippen molar-refractivity contribution in [1.82, 2.24) is 15.2 Å². The molecule has 1 unspecified atom stereocenters. The van der Waals surface area contributed by atoms with Crippen LogP contribution < -0.4 is 5.32 Å². The number of amides is 1. The maximum atomic E-state index is 13.6. The molecule has 1 saturated heterocycles. The van der Waals surface area contributed by atoms with E-state index in [1.807, 2.05) is 4.90 Å². The molecule has 2 heterocycles. The number of nitrogens with one attached hydrogen (secondary N) is 1. The number of fused-ring (bicyclic) bond motifs is 1. The number of benzene rings is 1. The van der Waals surface area contributed by atoms with Gasteiger partial charge in [0.05, 0.1) is 29.9 Å². The number of aliphatic hydroxyl groups is 1. The van der Waals surface area contributed by atoms with Crippen LogP contribution in [0.25, 0.3) is 10.2 Å². The molecule has 0 aliphatic carbocycles. The van der Waals surface area contributed by atoms with Gasteiger partial charge in [-0.25, -0.2) is 4.98 Å². The molecule has 1 fully saturated rings. The third kappa shape index (κ3) is 4.57. The second-order valence-corrected chi connectivity index (χ2v) is 7.36. The number of thiazole rings is 1. The largest absolute Gasteiger partial charge is 0.424 e. The molecule has 10 heteroatoms. The van der Waals surface area contributed by atoms with Gasteiger partial charge in [-0.05, 0) is 12.1 Å². The predicted octanol–water partition coefficient (Wildman–Crippen LogP) is 1.88. The first-order valence-corrected chi connectivity index (χ1v) is 9.33. The molecular weight excluding hydrogens is 383 g/mol. The summed E-state index contributed by atoms with van der Waals surface area (Å²) in [5.74, 6) is -0.873. The second kappa shape index (κ2) is 8.09. The lowest BCUT2D eigenvalue weighted by atomic mass is 9.99. The molecule has 6 nitrogen and oxygen atoms in total. The Morgan fingerprint density at radius 1 is 1.30 bits per heavy atom. The Kier molecular flexibility index (Phi) is 5.99. The number of alkyl halides is 3. The highest BCUT2D eigenvalue weighted by molar-refractivity contribution is 7.18. The van der Waals surface area contributed by atoms with Crippen LogP contribution >= 0.6 is 11.3 Å². The van der Waals surface area contributed by atoms with E-state index in [0.717, 1.165) is 11.3 Å². The fourth-order valence-electron chi connectivity index (χ4n) is 2.82. The Hall–Kier alpha value is -1.75. The van der Waals surface area contributed by atoms with Gasteiger partial charge in [-0.2, -0.15) is 13.2 Å². The zero-order chi connectivity index (χ0) is 19.5. The highest BCUT2D eigenvalue weighted by atomic mass is 32.1. The molecule has 148 valence electrons. The normalized spacial score (nSPS) is 18.4. The van der Waals surface area contributed by atoms with Crippen LogP contribution in [-0.2, 0) is 15.1 Å². The van der Waals surface area contributed by atoms with Gasteiger partial charge in [0, 0.05) is 26.2 Å². The minimum absolute atomic E-state index is 0.201. The van der Waals surface area contributed by atoms with Crippen LogP contribution in [0.5, 0.6) is 0 Å². The molecule has 2 N–H and O–H groups in total. The number of para-hydroxylation sites is 1. The molecule has 1 aromatic carbocycles. The zero-order valence-corrected chi connectivity index (χ0v) is 15.3. The van der Waals surface area contributed by atoms with Gasteiger partial charge >= 0.3 is 6.18 Å². The van der Waals surface area contributed by atoms with Crippen molar-refractivity contribution in [1.29, 1.82) is 0 Å². The first-order valence-electron chi connectivity index (χ1n) is 8.51. The van der Waals surface area contributed by atoms with Crippen LogP contribution in [0.2, 0.25) is 0 Å². The van der Waals surface area contributed by atoms with Crippen LogP contribution in [0.3, 0.4) is 0 Å². The third-order valence-corrected chi connectivity index (χ3v) is 5.57. The smallest absolute Gasteiger partial charge is 0.379 e. The van der Waals surface area contributed by atoms with Gasteiger partial charge in [0.1, 0.15) is 5.01 Å². The van der Waals surface area contributed by atoms with E-state index in [1.165, 1.54) is 0 Å². The third-order valence-electron chi connectivity index (χ3n) is 4.39. The van der Waals surface area contributed by atoms with E-state index < -0.39 is 29.1 Å². The molecule has 3 rings (SSSR count). The van der Waals surface area contributed by atoms with Crippen molar-refractivity contribution in [2.45, 2.75) is 18.2 Å². The first-order chi connectivity index (χ1) is 12.8. The molecule has 0 bridgehead atoms. The highest BCUT2D eigenvalue weighted by Gasteiger charge is 2.58. The van der Waals surface area contributed by atoms with Crippen LogP contribution in [0.15, 0.2) is 24.3 Å². The summed E-state index contributed by atoms with van der Waals surface area (Å²) >= 11 is 0.736. The Labute approximate surface area is 157 Å². The summed E-state index contributed by atoms with van der Waals surface area (Å²) in [5, 5.41) is 12.3. The van der Waals surface area contributed by atoms with E-state index in [1.54, 1.807) is 24.3 Å². The highest BCUT2D eigenvalue weighted by Crippen LogP contribution is 2.44. The Balaban J connectivity index is 1.67. The predicted molar refractivity (Wildman–Crippen MR) is 94.5 cm³/mol. The van der Waals surface area contributed by atoms with E-state index in [4.69, 9.17) is 4.74 Å². The lowest BCUT2D eigenvalue weighted by Crippen LogP contribution is -2.47. The Bertz CT molecular complexity index is 759. The van der Waals surface area contributed by atoms with Crippen LogP contribution in [0, 0.1) is 0 Å². The molecule has 1 aliphatic heterocycles. The first kappa shape index (κ1) is 20.0. The molecule has 1 atom stereocenters. The summed E-state index contributed by atoms with van der Waals surface area (Å²) in [7, 11) is 0. The SMILES string of the molecule is O=C(CC(O)(c1nc2ccccc2s1)C(F)(F)F)NCCN1CCOCC1. The zero-order valence-electron chi connectivity index (χ0n) is 14.5. The van der Waals surface area contributed by atoms with Crippen molar-refractivity contribution in [3.63, 3.8) is 0 Å². The summed E-state index contributed by atoms with van der Waals surface area (Å²) < 4.78 is 46.5. The van der Waals surface area contributed by atoms with Crippen molar-refractivity contribution in [2.24, 2.45) is 0 Å². The molecular formula is C17H20F3N3O3S. The van der Waals surface area contributed by atoms with Crippen molar-refractivity contribution >= 4 is 27.5 Å². The van der Waals surface area contributed by atoms with Gasteiger partial charge in [0.2, 0.25) is 11.5 Å². The molecule has 0 spiro atoms. The lowest BCUT2D eigenvalue weighted by Gasteiger charge is -2.28. The Morgan fingerprint density at radius 3 is 2.67 bits per heavy atom. The van der Waals surface area contributed by atoms with Crippen molar-refractivity contribution in [2.75, 3.05) is 39.4 Å². The standard InChI is InChI=1S/C17H20F3N3O3S/c18-17(19,20)16(25,15-22-12-3-1-2-4-13(12)27-15)11-14(24)21-5-6-23-7-9-26-10-8-23/h1-4,25H,5-11H2,(H,21,24). The molecule has 27 heavy (non-hydrogen) atoms. The minimum Gasteiger partial charge on any atom is -0.379 e. The second-order valence-electron chi connectivity index (χ2n) is 6.33. The number of halogens is 3. The number of rotatable bonds is 6. The number of aromatic nitrogens is 1. The number of carbonyl (C=O) groups excluding carboxylic acids is 1. The Morgan fingerprint density at radius 2 is 2.00 bits per heavy atom. The van der Waals surface area contributed by atoms with Gasteiger partial charge in [-0.1, -0.05) is 12.1 Å². The number of nitrogens with zero attached hydrogens (tertiary/aromatic N) is 2. The average Bonchev–Trinajstić information content (AvgIpc) is 3.06. The summed E-state index contributed by atoms with van der Waals surface area (Å²) in [5.41, 5.74) is -2.97. The minimum atomic E-state index is -5.03. The topological polar surface area (TPSA) is 74.7 Å². The maximum absolute atomic E-state index is 13.6. The summed E-state index contributed by atoms with van der Waals surface area (Å²) in [4.78, 5) is 18.1. The molecule has 1 aliphatic rings. The van der Waals surface area contributed by atoms with Crippen LogP contribution in [-0.4, -0.2) is 66.5 Å². The average molecular weight is 403 g/mol. The summed E-state index contributed by atoms with van der Waals surface area (Å²) in [6.45, 7) is 3.34.